The second kappa shape index (κ2) is 31.2. The van der Waals surface area contributed by atoms with Crippen molar-refractivity contribution in [3.05, 3.63) is 141 Å². The van der Waals surface area contributed by atoms with E-state index in [1.165, 1.54) is 14.2 Å². The van der Waals surface area contributed by atoms with E-state index in [1.807, 2.05) is 114 Å². The minimum absolute atomic E-state index is 0.00307. The molecule has 5 N–H and O–H groups in total. The molecule has 0 aliphatic heterocycles. The number of hydrogen-bond donors (Lipinski definition) is 4. The standard InChI is InChI=1S/C29H36ClN3O5.C27H34ClN3O3.C2H3ClO2/c1-18(2)38-27-11-10-23(16-24(27)30)26(35)15-21(12-13-34)14-20-6-8-22(9-7-20)25-17-33(4)28(32-25)19(3)31-29(36)37-5;1-17(2)34-26-10-9-22(15-23(26)28)25(33)14-20(11-12-32)13-19-5-7-21(8-6-19)24-16-31(4)27(30-24)18(3)29;1-5-2(3)4/h6-11,16-19,21,34H,12-15H2,1-5H3,(H,31,36);5-10,15-18,20,32H,11-14,29H2,1-4H3;1H3/t19?,21-;18?,20-;/m11./s1. The zero-order chi connectivity index (χ0) is 56.9. The number of rotatable bonds is 23. The van der Waals surface area contributed by atoms with Crippen molar-refractivity contribution in [3.8, 4) is 34.0 Å². The second-order valence-corrected chi connectivity index (χ2v) is 20.3. The third-order valence-corrected chi connectivity index (χ3v) is 12.8. The Labute approximate surface area is 467 Å². The number of halogens is 3. The SMILES string of the molecule is CC(C)Oc1ccc(C(=O)C[C@H](CCO)Cc2ccc(-c3cn(C)c(C(C)N)n3)cc2)cc1Cl.COC(=O)Cl.COC(=O)NC(C)c1nc(-c2ccc(C[C@@H](CCO)CC(=O)c3ccc(OC(C)C)c(Cl)c3)cc2)cn1C. The number of methoxy groups -OCH3 is 2. The first-order valence-electron chi connectivity index (χ1n) is 25.3. The van der Waals surface area contributed by atoms with Crippen LogP contribution in [0.25, 0.3) is 22.5 Å². The smallest absolute Gasteiger partial charge is 0.407 e. The van der Waals surface area contributed by atoms with E-state index in [0.717, 1.165) is 39.5 Å². The van der Waals surface area contributed by atoms with Crippen molar-refractivity contribution in [2.24, 2.45) is 31.7 Å². The molecular weight excluding hydrogens is 1050 g/mol. The largest absolute Gasteiger partial charge is 0.489 e. The highest BCUT2D eigenvalue weighted by Crippen LogP contribution is 2.31. The Morgan fingerprint density at radius 1 is 0.623 bits per heavy atom. The maximum absolute atomic E-state index is 13.0. The number of ether oxygens (including phenoxy) is 4. The van der Waals surface area contributed by atoms with Gasteiger partial charge in [-0.1, -0.05) is 71.7 Å². The fraction of sp³-hybridized carbons (Fsp3) is 0.414. The topological polar surface area (TPSA) is 219 Å². The number of amides is 1. The fourth-order valence-electron chi connectivity index (χ4n) is 8.38. The van der Waals surface area contributed by atoms with Crippen molar-refractivity contribution < 1.29 is 48.3 Å². The summed E-state index contributed by atoms with van der Waals surface area (Å²) in [5, 5.41) is 22.7. The lowest BCUT2D eigenvalue weighted by molar-refractivity contribution is 0.0944. The van der Waals surface area contributed by atoms with E-state index in [1.54, 1.807) is 36.4 Å². The highest BCUT2D eigenvalue weighted by atomic mass is 35.5. The summed E-state index contributed by atoms with van der Waals surface area (Å²) in [6.07, 6.45) is 6.42. The zero-order valence-electron chi connectivity index (χ0n) is 45.5. The van der Waals surface area contributed by atoms with Crippen LogP contribution >= 0.6 is 34.8 Å². The molecule has 0 saturated heterocycles. The van der Waals surface area contributed by atoms with Crippen LogP contribution < -0.4 is 20.5 Å². The minimum Gasteiger partial charge on any atom is -0.489 e. The molecule has 0 spiro atoms. The van der Waals surface area contributed by atoms with Crippen LogP contribution in [0.5, 0.6) is 11.5 Å². The Balaban J connectivity index is 0.000000307. The number of nitrogens with one attached hydrogen (secondary N) is 1. The fourth-order valence-corrected chi connectivity index (χ4v) is 8.83. The van der Waals surface area contributed by atoms with Crippen molar-refractivity contribution in [2.45, 2.75) is 104 Å². The predicted molar refractivity (Wildman–Crippen MR) is 302 cm³/mol. The van der Waals surface area contributed by atoms with E-state index < -0.39 is 11.5 Å². The predicted octanol–water partition coefficient (Wildman–Crippen LogP) is 12.1. The monoisotopic (exact) mass is 1120 g/mol. The molecule has 77 heavy (non-hydrogen) atoms. The van der Waals surface area contributed by atoms with Crippen LogP contribution in [0, 0.1) is 11.8 Å². The molecule has 0 aliphatic rings. The normalized spacial score (nSPS) is 12.5. The molecule has 19 heteroatoms. The number of Topliss-reactive ketones (excluding diaryl/α,β-unsaturated/α-hetero) is 2. The average molecular weight is 1120 g/mol. The van der Waals surface area contributed by atoms with Gasteiger partial charge in [-0.2, -0.15) is 0 Å². The Kier molecular flexibility index (Phi) is 25.6. The van der Waals surface area contributed by atoms with E-state index in [2.05, 4.69) is 48.5 Å². The van der Waals surface area contributed by atoms with Gasteiger partial charge in [0.1, 0.15) is 23.1 Å². The molecule has 0 bridgehead atoms. The van der Waals surface area contributed by atoms with Crippen LogP contribution in [-0.4, -0.2) is 92.0 Å². The Morgan fingerprint density at radius 3 is 1.34 bits per heavy atom. The Hall–Kier alpha value is -6.27. The highest BCUT2D eigenvalue weighted by molar-refractivity contribution is 6.61. The number of aliphatic hydroxyl groups excluding tert-OH is 2. The van der Waals surface area contributed by atoms with Crippen LogP contribution in [0.3, 0.4) is 0 Å². The highest BCUT2D eigenvalue weighted by Gasteiger charge is 2.21. The summed E-state index contributed by atoms with van der Waals surface area (Å²) >= 11 is 17.2. The maximum Gasteiger partial charge on any atom is 0.407 e. The van der Waals surface area contributed by atoms with Gasteiger partial charge in [0, 0.05) is 86.4 Å². The van der Waals surface area contributed by atoms with E-state index in [4.69, 9.17) is 38.4 Å². The quantitative estimate of drug-likeness (QED) is 0.0347. The molecule has 2 heterocycles. The number of ketones is 2. The molecule has 2 aromatic heterocycles. The number of nitrogens with zero attached hydrogens (tertiary/aromatic N) is 4. The van der Waals surface area contributed by atoms with Gasteiger partial charge in [-0.05, 0) is 127 Å². The summed E-state index contributed by atoms with van der Waals surface area (Å²) in [6.45, 7) is 11.5. The van der Waals surface area contributed by atoms with Crippen LogP contribution in [0.1, 0.15) is 123 Å². The van der Waals surface area contributed by atoms with Gasteiger partial charge in [0.05, 0.1) is 59.9 Å². The first-order chi connectivity index (χ1) is 36.5. The number of imidazole rings is 2. The number of nitrogens with two attached hydrogens (primary N) is 1. The molecule has 4 aromatic carbocycles. The van der Waals surface area contributed by atoms with Crippen molar-refractivity contribution in [2.75, 3.05) is 27.4 Å². The van der Waals surface area contributed by atoms with Crippen LogP contribution in [0.4, 0.5) is 9.59 Å². The first-order valence-corrected chi connectivity index (χ1v) is 26.5. The first kappa shape index (κ1) is 63.3. The number of carbonyl (C=O) groups is 4. The molecule has 416 valence electrons. The number of alkyl carbamates (subject to hydrolysis) is 1. The number of aliphatic hydroxyl groups is 2. The van der Waals surface area contributed by atoms with E-state index in [0.29, 0.717) is 77.0 Å². The molecule has 6 rings (SSSR count). The molecule has 0 saturated carbocycles. The Morgan fingerprint density at radius 2 is 1.01 bits per heavy atom. The van der Waals surface area contributed by atoms with Crippen molar-refractivity contribution >= 4 is 57.9 Å². The van der Waals surface area contributed by atoms with Crippen LogP contribution in [-0.2, 0) is 36.4 Å². The lowest BCUT2D eigenvalue weighted by Crippen LogP contribution is -2.28. The lowest BCUT2D eigenvalue weighted by Gasteiger charge is -2.16. The number of hydrogen-bond acceptors (Lipinski definition) is 13. The van der Waals surface area contributed by atoms with E-state index in [-0.39, 0.29) is 60.9 Å². The minimum atomic E-state index is -0.773. The van der Waals surface area contributed by atoms with Gasteiger partial charge in [-0.15, -0.1) is 0 Å². The summed E-state index contributed by atoms with van der Waals surface area (Å²) in [7, 11) is 6.36. The van der Waals surface area contributed by atoms with Gasteiger partial charge in [0.15, 0.2) is 11.6 Å². The molecule has 0 radical (unpaired) electrons. The zero-order valence-corrected chi connectivity index (χ0v) is 47.8. The molecule has 16 nitrogen and oxygen atoms in total. The van der Waals surface area contributed by atoms with Crippen molar-refractivity contribution in [1.82, 2.24) is 24.4 Å². The second-order valence-electron chi connectivity index (χ2n) is 19.2. The maximum atomic E-state index is 13.0. The van der Waals surface area contributed by atoms with Gasteiger partial charge < -0.3 is 49.3 Å². The average Bonchev–Trinajstić information content (AvgIpc) is 3.99. The van der Waals surface area contributed by atoms with E-state index >= 15 is 0 Å². The van der Waals surface area contributed by atoms with Crippen molar-refractivity contribution in [1.29, 1.82) is 0 Å². The molecule has 0 fully saturated rings. The number of aryl methyl sites for hydroxylation is 2. The summed E-state index contributed by atoms with van der Waals surface area (Å²) in [6, 6.07) is 26.0. The lowest BCUT2D eigenvalue weighted by atomic mass is 9.89. The molecule has 1 amide bonds. The number of carbonyl (C=O) groups excluding carboxylic acids is 4. The summed E-state index contributed by atoms with van der Waals surface area (Å²) in [5.74, 6) is 2.66. The van der Waals surface area contributed by atoms with Gasteiger partial charge >= 0.3 is 11.5 Å². The van der Waals surface area contributed by atoms with Gasteiger partial charge in [0.2, 0.25) is 0 Å². The summed E-state index contributed by atoms with van der Waals surface area (Å²) < 4.78 is 23.7. The molecule has 6 aromatic rings. The molecule has 4 atom stereocenters. The molecule has 0 aliphatic carbocycles. The third kappa shape index (κ3) is 20.2. The van der Waals surface area contributed by atoms with Gasteiger partial charge in [0.25, 0.3) is 0 Å². The van der Waals surface area contributed by atoms with Gasteiger partial charge in [-0.3, -0.25) is 9.59 Å². The van der Waals surface area contributed by atoms with Crippen LogP contribution in [0.15, 0.2) is 97.3 Å². The summed E-state index contributed by atoms with van der Waals surface area (Å²) in [4.78, 5) is 56.2. The van der Waals surface area contributed by atoms with Gasteiger partial charge in [-0.25, -0.2) is 19.6 Å². The summed E-state index contributed by atoms with van der Waals surface area (Å²) in [5.41, 5.74) is 12.1. The van der Waals surface area contributed by atoms with E-state index in [9.17, 15) is 29.4 Å². The number of aromatic nitrogens is 4. The van der Waals surface area contributed by atoms with Crippen LogP contribution in [0.2, 0.25) is 10.0 Å². The Bertz CT molecular complexity index is 2850. The molecular formula is C58H73Cl3N6O10. The third-order valence-electron chi connectivity index (χ3n) is 12.1. The number of benzene rings is 4. The van der Waals surface area contributed by atoms with Crippen molar-refractivity contribution in [3.63, 3.8) is 0 Å². The molecule has 2 unspecified atom stereocenters.